The van der Waals surface area contributed by atoms with Crippen LogP contribution in [0.3, 0.4) is 0 Å². The van der Waals surface area contributed by atoms with Gasteiger partial charge in [0.15, 0.2) is 0 Å². The molecular formula is C13H18N2O3. The van der Waals surface area contributed by atoms with Crippen LogP contribution in [0.4, 0.5) is 0 Å². The summed E-state index contributed by atoms with van der Waals surface area (Å²) in [4.78, 5) is 2.35. The number of hydrogen-bond acceptors (Lipinski definition) is 5. The molecule has 2 aliphatic heterocycles. The minimum atomic E-state index is 0.111. The Hall–Kier alpha value is -1.30. The normalized spacial score (nSPS) is 27.8. The lowest BCUT2D eigenvalue weighted by Gasteiger charge is -2.35. The largest absolute Gasteiger partial charge is 0.508 e. The minimum absolute atomic E-state index is 0.111. The highest BCUT2D eigenvalue weighted by molar-refractivity contribution is 5.44. The minimum Gasteiger partial charge on any atom is -0.508 e. The van der Waals surface area contributed by atoms with E-state index in [2.05, 4.69) is 4.90 Å². The van der Waals surface area contributed by atoms with Crippen LogP contribution >= 0.6 is 0 Å². The summed E-state index contributed by atoms with van der Waals surface area (Å²) in [6.45, 7) is 3.63. The molecule has 18 heavy (non-hydrogen) atoms. The molecule has 1 fully saturated rings. The average molecular weight is 250 g/mol. The molecule has 1 aromatic rings. The molecule has 1 aromatic carbocycles. The zero-order chi connectivity index (χ0) is 12.5. The average Bonchev–Trinajstić information content (AvgIpc) is 2.81. The van der Waals surface area contributed by atoms with E-state index < -0.39 is 0 Å². The highest BCUT2D eigenvalue weighted by Crippen LogP contribution is 2.38. The van der Waals surface area contributed by atoms with Gasteiger partial charge in [-0.3, -0.25) is 4.90 Å². The summed E-state index contributed by atoms with van der Waals surface area (Å²) in [6.07, 6.45) is 0.111. The van der Waals surface area contributed by atoms with E-state index in [1.54, 1.807) is 12.1 Å². The van der Waals surface area contributed by atoms with E-state index in [4.69, 9.17) is 15.2 Å². The third kappa shape index (κ3) is 2.05. The molecule has 98 valence electrons. The topological polar surface area (TPSA) is 68.0 Å². The van der Waals surface area contributed by atoms with Crippen LogP contribution in [-0.4, -0.2) is 49.0 Å². The summed E-state index contributed by atoms with van der Waals surface area (Å²) in [5.74, 6) is 1.03. The Balaban J connectivity index is 1.79. The molecular weight excluding hydrogens is 232 g/mol. The molecule has 5 nitrogen and oxygen atoms in total. The van der Waals surface area contributed by atoms with Gasteiger partial charge in [-0.1, -0.05) is 0 Å². The lowest BCUT2D eigenvalue weighted by molar-refractivity contribution is -0.0411. The van der Waals surface area contributed by atoms with Crippen molar-refractivity contribution in [3.8, 4) is 11.5 Å². The smallest absolute Gasteiger partial charge is 0.127 e. The zero-order valence-electron chi connectivity index (χ0n) is 10.2. The van der Waals surface area contributed by atoms with Crippen molar-refractivity contribution in [1.82, 2.24) is 4.90 Å². The van der Waals surface area contributed by atoms with Crippen LogP contribution in [0.15, 0.2) is 18.2 Å². The van der Waals surface area contributed by atoms with Crippen molar-refractivity contribution >= 4 is 0 Å². The Morgan fingerprint density at radius 2 is 2.33 bits per heavy atom. The predicted molar refractivity (Wildman–Crippen MR) is 66.7 cm³/mol. The van der Waals surface area contributed by atoms with Crippen LogP contribution in [0, 0.1) is 0 Å². The molecule has 2 aliphatic rings. The molecule has 0 saturated carbocycles. The Morgan fingerprint density at radius 1 is 1.44 bits per heavy atom. The first-order chi connectivity index (χ1) is 8.78. The lowest BCUT2D eigenvalue weighted by atomic mass is 10.1. The molecule has 0 radical (unpaired) electrons. The van der Waals surface area contributed by atoms with Crippen molar-refractivity contribution in [3.63, 3.8) is 0 Å². The number of morpholine rings is 1. The van der Waals surface area contributed by atoms with Crippen molar-refractivity contribution in [1.29, 1.82) is 0 Å². The molecule has 0 spiro atoms. The van der Waals surface area contributed by atoms with E-state index in [9.17, 15) is 5.11 Å². The zero-order valence-corrected chi connectivity index (χ0v) is 10.2. The van der Waals surface area contributed by atoms with Gasteiger partial charge in [-0.15, -0.1) is 0 Å². The van der Waals surface area contributed by atoms with E-state index >= 15 is 0 Å². The Kier molecular flexibility index (Phi) is 3.11. The number of aromatic hydroxyl groups is 1. The number of nitrogens with zero attached hydrogens (tertiary/aromatic N) is 1. The van der Waals surface area contributed by atoms with Gasteiger partial charge in [0, 0.05) is 31.3 Å². The first kappa shape index (κ1) is 11.8. The third-order valence-electron chi connectivity index (χ3n) is 3.63. The van der Waals surface area contributed by atoms with Crippen LogP contribution < -0.4 is 10.5 Å². The summed E-state index contributed by atoms with van der Waals surface area (Å²) in [6, 6.07) is 5.57. The van der Waals surface area contributed by atoms with E-state index in [0.717, 1.165) is 24.4 Å². The van der Waals surface area contributed by atoms with Gasteiger partial charge < -0.3 is 20.3 Å². The second-order valence-corrected chi connectivity index (χ2v) is 4.77. The van der Waals surface area contributed by atoms with Gasteiger partial charge in [-0.2, -0.15) is 0 Å². The molecule has 5 heteroatoms. The number of fused-ring (bicyclic) bond motifs is 1. The van der Waals surface area contributed by atoms with E-state index in [1.165, 1.54) is 0 Å². The fraction of sp³-hybridized carbons (Fsp3) is 0.538. The van der Waals surface area contributed by atoms with Gasteiger partial charge in [-0.25, -0.2) is 0 Å². The maximum absolute atomic E-state index is 9.44. The van der Waals surface area contributed by atoms with E-state index in [1.807, 2.05) is 6.07 Å². The second kappa shape index (κ2) is 4.76. The van der Waals surface area contributed by atoms with Crippen molar-refractivity contribution in [2.45, 2.75) is 12.1 Å². The standard InChI is InChI=1S/C13H18N2O3/c14-6-10-7-15(3-4-17-10)12-8-18-13-5-9(16)1-2-11(12)13/h1-2,5,10,12,16H,3-4,6-8,14H2. The fourth-order valence-electron chi connectivity index (χ4n) is 2.65. The number of phenols is 1. The van der Waals surface area contributed by atoms with Gasteiger partial charge in [-0.05, 0) is 12.1 Å². The quantitative estimate of drug-likeness (QED) is 0.799. The first-order valence-corrected chi connectivity index (χ1v) is 6.29. The number of nitrogens with two attached hydrogens (primary N) is 1. The van der Waals surface area contributed by atoms with Gasteiger partial charge in [0.05, 0.1) is 18.8 Å². The van der Waals surface area contributed by atoms with Crippen LogP contribution in [0.25, 0.3) is 0 Å². The van der Waals surface area contributed by atoms with Crippen LogP contribution in [0.2, 0.25) is 0 Å². The highest BCUT2D eigenvalue weighted by atomic mass is 16.5. The molecule has 2 unspecified atom stereocenters. The third-order valence-corrected chi connectivity index (χ3v) is 3.63. The predicted octanol–water partition coefficient (Wildman–Crippen LogP) is 0.485. The molecule has 1 saturated heterocycles. The molecule has 3 N–H and O–H groups in total. The Morgan fingerprint density at radius 3 is 3.17 bits per heavy atom. The summed E-state index contributed by atoms with van der Waals surface area (Å²) in [5, 5.41) is 9.44. The van der Waals surface area contributed by atoms with E-state index in [0.29, 0.717) is 19.8 Å². The molecule has 0 aliphatic carbocycles. The molecule has 3 rings (SSSR count). The van der Waals surface area contributed by atoms with Gasteiger partial charge in [0.1, 0.15) is 18.1 Å². The van der Waals surface area contributed by atoms with Crippen molar-refractivity contribution in [3.05, 3.63) is 23.8 Å². The molecule has 2 atom stereocenters. The Labute approximate surface area is 106 Å². The molecule has 0 bridgehead atoms. The van der Waals surface area contributed by atoms with Gasteiger partial charge in [0.25, 0.3) is 0 Å². The lowest BCUT2D eigenvalue weighted by Crippen LogP contribution is -2.47. The molecule has 0 amide bonds. The monoisotopic (exact) mass is 250 g/mol. The van der Waals surface area contributed by atoms with Crippen LogP contribution in [-0.2, 0) is 4.74 Å². The number of ether oxygens (including phenoxy) is 2. The number of hydrogen-bond donors (Lipinski definition) is 2. The number of benzene rings is 1. The number of rotatable bonds is 2. The van der Waals surface area contributed by atoms with Crippen molar-refractivity contribution in [2.75, 3.05) is 32.8 Å². The first-order valence-electron chi connectivity index (χ1n) is 6.29. The fourth-order valence-corrected chi connectivity index (χ4v) is 2.65. The summed E-state index contributed by atoms with van der Waals surface area (Å²) in [7, 11) is 0. The van der Waals surface area contributed by atoms with Gasteiger partial charge >= 0.3 is 0 Å². The van der Waals surface area contributed by atoms with Crippen LogP contribution in [0.5, 0.6) is 11.5 Å². The Bertz CT molecular complexity index is 438. The van der Waals surface area contributed by atoms with Crippen LogP contribution in [0.1, 0.15) is 11.6 Å². The summed E-state index contributed by atoms with van der Waals surface area (Å²) >= 11 is 0. The second-order valence-electron chi connectivity index (χ2n) is 4.77. The molecule has 2 heterocycles. The maximum Gasteiger partial charge on any atom is 0.127 e. The summed E-state index contributed by atoms with van der Waals surface area (Å²) in [5.41, 5.74) is 6.81. The molecule has 0 aromatic heterocycles. The van der Waals surface area contributed by atoms with Crippen molar-refractivity contribution in [2.24, 2.45) is 5.73 Å². The van der Waals surface area contributed by atoms with E-state index in [-0.39, 0.29) is 17.9 Å². The van der Waals surface area contributed by atoms with Gasteiger partial charge in [0.2, 0.25) is 0 Å². The number of phenolic OH excluding ortho intramolecular Hbond substituents is 1. The highest BCUT2D eigenvalue weighted by Gasteiger charge is 2.32. The maximum atomic E-state index is 9.44. The summed E-state index contributed by atoms with van der Waals surface area (Å²) < 4.78 is 11.2. The SMILES string of the molecule is NCC1CN(C2COc3cc(O)ccc32)CCO1. The van der Waals surface area contributed by atoms with Crippen molar-refractivity contribution < 1.29 is 14.6 Å².